The van der Waals surface area contributed by atoms with Gasteiger partial charge in [-0.3, -0.25) is 9.59 Å². The van der Waals surface area contributed by atoms with Gasteiger partial charge in [-0.05, 0) is 13.3 Å². The van der Waals surface area contributed by atoms with Crippen LogP contribution >= 0.6 is 0 Å². The minimum atomic E-state index is -0.345. The third-order valence-electron chi connectivity index (χ3n) is 2.04. The van der Waals surface area contributed by atoms with Gasteiger partial charge in [0.1, 0.15) is 0 Å². The first kappa shape index (κ1) is 9.03. The zero-order chi connectivity index (χ0) is 9.14. The normalized spacial score (nSPS) is 23.0. The molecule has 0 N–H and O–H groups in total. The number of hydrogen-bond acceptors (Lipinski definition) is 3. The highest BCUT2D eigenvalue weighted by atomic mass is 16.5. The van der Waals surface area contributed by atoms with Gasteiger partial charge in [-0.15, -0.1) is 0 Å². The van der Waals surface area contributed by atoms with Gasteiger partial charge in [0.2, 0.25) is 5.91 Å². The summed E-state index contributed by atoms with van der Waals surface area (Å²) in [6.07, 6.45) is 1.43. The molecule has 4 nitrogen and oxygen atoms in total. The third kappa shape index (κ3) is 1.96. The molecule has 68 valence electrons. The van der Waals surface area contributed by atoms with Gasteiger partial charge in [-0.25, -0.2) is 0 Å². The maximum Gasteiger partial charge on any atom is 0.304 e. The van der Waals surface area contributed by atoms with Crippen LogP contribution in [0.2, 0.25) is 0 Å². The van der Waals surface area contributed by atoms with Gasteiger partial charge in [0.05, 0.1) is 0 Å². The number of ether oxygens (including phenoxy) is 1. The zero-order valence-electron chi connectivity index (χ0n) is 7.37. The number of nitrogens with zero attached hydrogens (tertiary/aromatic N) is 1. The van der Waals surface area contributed by atoms with Crippen molar-refractivity contribution in [1.82, 2.24) is 4.90 Å². The van der Waals surface area contributed by atoms with Gasteiger partial charge >= 0.3 is 5.97 Å². The van der Waals surface area contributed by atoms with E-state index in [-0.39, 0.29) is 24.6 Å². The molecule has 0 spiro atoms. The molecule has 12 heavy (non-hydrogen) atoms. The molecule has 0 saturated carbocycles. The molecule has 1 aliphatic heterocycles. The fraction of sp³-hybridized carbons (Fsp3) is 0.750. The largest absolute Gasteiger partial charge is 0.444 e. The van der Waals surface area contributed by atoms with Crippen molar-refractivity contribution >= 4 is 11.9 Å². The molecule has 1 atom stereocenters. The van der Waals surface area contributed by atoms with E-state index >= 15 is 0 Å². The summed E-state index contributed by atoms with van der Waals surface area (Å²) >= 11 is 0. The highest BCUT2D eigenvalue weighted by Crippen LogP contribution is 2.17. The first-order valence-corrected chi connectivity index (χ1v) is 4.04. The third-order valence-corrected chi connectivity index (χ3v) is 2.04. The van der Waals surface area contributed by atoms with Crippen LogP contribution < -0.4 is 0 Å². The molecule has 1 amide bonds. The summed E-state index contributed by atoms with van der Waals surface area (Å²) in [7, 11) is 0. The molecule has 0 bridgehead atoms. The second-order valence-corrected chi connectivity index (χ2v) is 3.02. The van der Waals surface area contributed by atoms with Gasteiger partial charge in [-0.2, -0.15) is 0 Å². The van der Waals surface area contributed by atoms with Gasteiger partial charge in [0.25, 0.3) is 0 Å². The number of likely N-dealkylation sites (tertiary alicyclic amines) is 1. The predicted molar refractivity (Wildman–Crippen MR) is 42.2 cm³/mol. The van der Waals surface area contributed by atoms with Crippen molar-refractivity contribution < 1.29 is 14.3 Å². The Morgan fingerprint density at radius 1 is 1.75 bits per heavy atom. The van der Waals surface area contributed by atoms with E-state index in [9.17, 15) is 9.59 Å². The van der Waals surface area contributed by atoms with E-state index in [1.54, 1.807) is 4.90 Å². The van der Waals surface area contributed by atoms with Crippen LogP contribution in [-0.2, 0) is 14.3 Å². The molecular weight excluding hydrogens is 158 g/mol. The summed E-state index contributed by atoms with van der Waals surface area (Å²) in [6, 6.07) is 0.205. The second kappa shape index (κ2) is 3.56. The number of carbonyl (C=O) groups is 2. The molecule has 0 aromatic carbocycles. The lowest BCUT2D eigenvalue weighted by atomic mass is 10.2. The molecule has 4 heteroatoms. The minimum absolute atomic E-state index is 0.0729. The number of rotatable bonds is 2. The minimum Gasteiger partial charge on any atom is -0.444 e. The highest BCUT2D eigenvalue weighted by Gasteiger charge is 2.27. The molecule has 0 aromatic rings. The predicted octanol–water partition coefficient (Wildman–Crippen LogP) is 0.518. The molecule has 1 heterocycles. The van der Waals surface area contributed by atoms with Crippen molar-refractivity contribution in [2.75, 3.05) is 6.73 Å². The first-order chi connectivity index (χ1) is 5.61. The molecule has 0 aliphatic carbocycles. The number of amides is 1. The Hall–Kier alpha value is -1.06. The lowest BCUT2D eigenvalue weighted by Crippen LogP contribution is -2.33. The molecule has 1 saturated heterocycles. The average Bonchev–Trinajstić information content (AvgIpc) is 2.28. The Balaban J connectivity index is 2.39. The Labute approximate surface area is 71.5 Å². The lowest BCUT2D eigenvalue weighted by molar-refractivity contribution is -0.150. The smallest absolute Gasteiger partial charge is 0.304 e. The standard InChI is InChI=1S/C8H13NO3/c1-6-3-4-8(11)9(6)5-12-7(2)10/h6H,3-5H2,1-2H3/t6-/m0/s1. The van der Waals surface area contributed by atoms with Crippen LogP contribution in [-0.4, -0.2) is 29.5 Å². The molecule has 0 unspecified atom stereocenters. The molecule has 1 rings (SSSR count). The maximum atomic E-state index is 11.1. The van der Waals surface area contributed by atoms with E-state index in [1.165, 1.54) is 6.92 Å². The first-order valence-electron chi connectivity index (χ1n) is 4.04. The number of hydrogen-bond donors (Lipinski definition) is 0. The Morgan fingerprint density at radius 3 is 2.83 bits per heavy atom. The van der Waals surface area contributed by atoms with Crippen LogP contribution in [0.5, 0.6) is 0 Å². The second-order valence-electron chi connectivity index (χ2n) is 3.02. The SMILES string of the molecule is CC(=O)OCN1C(=O)CC[C@@H]1C. The van der Waals surface area contributed by atoms with Crippen molar-refractivity contribution in [2.45, 2.75) is 32.7 Å². The van der Waals surface area contributed by atoms with Crippen LogP contribution in [0.4, 0.5) is 0 Å². The summed E-state index contributed by atoms with van der Waals surface area (Å²) in [6.45, 7) is 3.40. The van der Waals surface area contributed by atoms with Gasteiger partial charge in [0, 0.05) is 19.4 Å². The molecule has 1 aliphatic rings. The van der Waals surface area contributed by atoms with E-state index in [0.29, 0.717) is 6.42 Å². The van der Waals surface area contributed by atoms with E-state index in [2.05, 4.69) is 0 Å². The summed E-state index contributed by atoms with van der Waals surface area (Å²) in [5.74, 6) is -0.273. The zero-order valence-corrected chi connectivity index (χ0v) is 7.37. The maximum absolute atomic E-state index is 11.1. The van der Waals surface area contributed by atoms with E-state index < -0.39 is 0 Å². The summed E-state index contributed by atoms with van der Waals surface area (Å²) in [4.78, 5) is 23.2. The van der Waals surface area contributed by atoms with Gasteiger partial charge in [-0.1, -0.05) is 0 Å². The van der Waals surface area contributed by atoms with Crippen molar-refractivity contribution in [1.29, 1.82) is 0 Å². The monoisotopic (exact) mass is 171 g/mol. The quantitative estimate of drug-likeness (QED) is 0.569. The van der Waals surface area contributed by atoms with Crippen LogP contribution in [0.1, 0.15) is 26.7 Å². The molecule has 0 aromatic heterocycles. The Morgan fingerprint density at radius 2 is 2.42 bits per heavy atom. The average molecular weight is 171 g/mol. The number of carbonyl (C=O) groups excluding carboxylic acids is 2. The highest BCUT2D eigenvalue weighted by molar-refractivity contribution is 5.78. The van der Waals surface area contributed by atoms with Crippen molar-refractivity contribution in [3.8, 4) is 0 Å². The van der Waals surface area contributed by atoms with Crippen molar-refractivity contribution in [3.05, 3.63) is 0 Å². The van der Waals surface area contributed by atoms with Crippen LogP contribution in [0.15, 0.2) is 0 Å². The fourth-order valence-corrected chi connectivity index (χ4v) is 1.24. The summed E-state index contributed by atoms with van der Waals surface area (Å²) < 4.78 is 4.73. The van der Waals surface area contributed by atoms with E-state index in [1.807, 2.05) is 6.92 Å². The molecule has 0 radical (unpaired) electrons. The summed E-state index contributed by atoms with van der Waals surface area (Å²) in [5, 5.41) is 0. The number of esters is 1. The van der Waals surface area contributed by atoms with Crippen molar-refractivity contribution in [3.63, 3.8) is 0 Å². The molecular formula is C8H13NO3. The van der Waals surface area contributed by atoms with Crippen molar-refractivity contribution in [2.24, 2.45) is 0 Å². The topological polar surface area (TPSA) is 46.6 Å². The van der Waals surface area contributed by atoms with Crippen LogP contribution in [0, 0.1) is 0 Å². The molecule has 1 fully saturated rings. The van der Waals surface area contributed by atoms with E-state index in [0.717, 1.165) is 6.42 Å². The summed E-state index contributed by atoms with van der Waals surface area (Å²) in [5.41, 5.74) is 0. The Bertz CT molecular complexity index is 202. The van der Waals surface area contributed by atoms with Gasteiger partial charge < -0.3 is 9.64 Å². The van der Waals surface area contributed by atoms with Gasteiger partial charge in [0.15, 0.2) is 6.73 Å². The Kier molecular flexibility index (Phi) is 2.68. The lowest BCUT2D eigenvalue weighted by Gasteiger charge is -2.20. The fourth-order valence-electron chi connectivity index (χ4n) is 1.24. The van der Waals surface area contributed by atoms with Crippen LogP contribution in [0.25, 0.3) is 0 Å². The van der Waals surface area contributed by atoms with Crippen LogP contribution in [0.3, 0.4) is 0 Å². The van der Waals surface area contributed by atoms with E-state index in [4.69, 9.17) is 4.74 Å².